The van der Waals surface area contributed by atoms with Gasteiger partial charge in [0.15, 0.2) is 6.61 Å². The number of amides is 1. The van der Waals surface area contributed by atoms with Crippen LogP contribution in [0.5, 0.6) is 5.75 Å². The van der Waals surface area contributed by atoms with E-state index in [-0.39, 0.29) is 35.7 Å². The lowest BCUT2D eigenvalue weighted by Crippen LogP contribution is -2.26. The predicted molar refractivity (Wildman–Crippen MR) is 130 cm³/mol. The third kappa shape index (κ3) is 6.30. The van der Waals surface area contributed by atoms with Crippen LogP contribution < -0.4 is 15.8 Å². The summed E-state index contributed by atoms with van der Waals surface area (Å²) in [4.78, 5) is 29.4. The van der Waals surface area contributed by atoms with E-state index in [1.165, 1.54) is 17.8 Å². The molecule has 1 aliphatic carbocycles. The maximum atomic E-state index is 12.0. The molecule has 0 unspecified atom stereocenters. The Kier molecular flexibility index (Phi) is 9.07. The van der Waals surface area contributed by atoms with E-state index in [0.29, 0.717) is 17.4 Å². The summed E-state index contributed by atoms with van der Waals surface area (Å²) in [5, 5.41) is 4.32. The number of nitrogens with one attached hydrogen (secondary N) is 1. The molecule has 2 fully saturated rings. The number of halogens is 1. The molecule has 0 atom stereocenters. The molecular weight excluding hydrogens is 494 g/mol. The Labute approximate surface area is 202 Å². The number of nitrogens with two attached hydrogens (primary N) is 1. The third-order valence-electron chi connectivity index (χ3n) is 5.89. The van der Waals surface area contributed by atoms with E-state index in [0.717, 1.165) is 67.1 Å². The van der Waals surface area contributed by atoms with Crippen LogP contribution in [0.15, 0.2) is 24.3 Å². The first-order valence-corrected chi connectivity index (χ1v) is 11.9. The number of carbonyl (C=O) groups excluding carboxylic acids is 2. The van der Waals surface area contributed by atoms with Crippen LogP contribution in [0.1, 0.15) is 66.4 Å². The van der Waals surface area contributed by atoms with Crippen molar-refractivity contribution in [2.45, 2.75) is 57.0 Å². The lowest BCUT2D eigenvalue weighted by molar-refractivity contribution is -0.152. The van der Waals surface area contributed by atoms with Crippen molar-refractivity contribution in [2.75, 3.05) is 19.7 Å². The number of primary amides is 1. The minimum atomic E-state index is -0.516. The Morgan fingerprint density at radius 2 is 1.75 bits per heavy atom. The number of aromatic nitrogens is 1. The van der Waals surface area contributed by atoms with Crippen LogP contribution in [0, 0.1) is 0 Å². The Hall–Kier alpha value is -1.97. The minimum absolute atomic E-state index is 0. The Balaban J connectivity index is 0.00000289. The number of piperidine rings is 1. The van der Waals surface area contributed by atoms with Crippen LogP contribution in [-0.2, 0) is 9.53 Å². The van der Waals surface area contributed by atoms with Crippen molar-refractivity contribution in [3.63, 3.8) is 0 Å². The molecular formula is C23H30BrN3O4S. The highest BCUT2D eigenvalue weighted by Gasteiger charge is 2.24. The fourth-order valence-electron chi connectivity index (χ4n) is 4.19. The molecule has 2 aliphatic rings. The van der Waals surface area contributed by atoms with Gasteiger partial charge < -0.3 is 20.5 Å². The van der Waals surface area contributed by atoms with Crippen molar-refractivity contribution in [1.82, 2.24) is 10.3 Å². The molecule has 1 aliphatic heterocycles. The zero-order valence-electron chi connectivity index (χ0n) is 18.0. The molecule has 1 saturated heterocycles. The second-order valence-corrected chi connectivity index (χ2v) is 9.21. The summed E-state index contributed by atoms with van der Waals surface area (Å²) in [5.41, 5.74) is 6.79. The van der Waals surface area contributed by atoms with Crippen LogP contribution in [0.3, 0.4) is 0 Å². The first-order valence-electron chi connectivity index (χ1n) is 11.0. The summed E-state index contributed by atoms with van der Waals surface area (Å²) in [7, 11) is 0. The fraction of sp³-hybridized carbons (Fsp3) is 0.522. The summed E-state index contributed by atoms with van der Waals surface area (Å²) < 4.78 is 11.1. The molecule has 7 nitrogen and oxygen atoms in total. The van der Waals surface area contributed by atoms with Gasteiger partial charge >= 0.3 is 5.97 Å². The largest absolute Gasteiger partial charge is 0.482 e. The van der Waals surface area contributed by atoms with Gasteiger partial charge in [-0.15, -0.1) is 28.3 Å². The second kappa shape index (κ2) is 11.8. The average molecular weight is 524 g/mol. The number of benzene rings is 1. The highest BCUT2D eigenvalue weighted by molar-refractivity contribution is 8.93. The molecule has 1 aromatic carbocycles. The van der Waals surface area contributed by atoms with Crippen LogP contribution in [0.25, 0.3) is 10.4 Å². The van der Waals surface area contributed by atoms with Crippen LogP contribution >= 0.6 is 28.3 Å². The summed E-state index contributed by atoms with van der Waals surface area (Å²) in [6.07, 6.45) is 7.37. The second-order valence-electron chi connectivity index (χ2n) is 8.18. The number of esters is 1. The van der Waals surface area contributed by atoms with E-state index in [9.17, 15) is 9.59 Å². The maximum Gasteiger partial charge on any atom is 0.344 e. The lowest BCUT2D eigenvalue weighted by Gasteiger charge is -2.21. The highest BCUT2D eigenvalue weighted by Crippen LogP contribution is 2.37. The predicted octanol–water partition coefficient (Wildman–Crippen LogP) is 4.21. The van der Waals surface area contributed by atoms with E-state index in [4.69, 9.17) is 15.2 Å². The third-order valence-corrected chi connectivity index (χ3v) is 7.16. The molecule has 1 aromatic heterocycles. The molecule has 3 N–H and O–H groups in total. The lowest BCUT2D eigenvalue weighted by atomic mass is 9.98. The van der Waals surface area contributed by atoms with Crippen LogP contribution in [0.2, 0.25) is 0 Å². The SMILES string of the molecule is Br.NC(=O)c1nc(C2CCNCC2)sc1-c1ccc(OCC(=O)OC2CCCCC2)cc1. The summed E-state index contributed by atoms with van der Waals surface area (Å²) in [5.74, 6) is 0.0854. The van der Waals surface area contributed by atoms with E-state index in [1.807, 2.05) is 12.1 Å². The first-order chi connectivity index (χ1) is 15.1. The van der Waals surface area contributed by atoms with Gasteiger partial charge in [0.1, 0.15) is 17.5 Å². The standard InChI is InChI=1S/C23H29N3O4S.BrH/c24-22(28)20-21(31-23(26-20)16-10-12-25-13-11-16)15-6-8-17(9-7-15)29-14-19(27)30-18-4-2-1-3-5-18;/h6-9,16,18,25H,1-5,10-14H2,(H2,24,28);1H. The number of rotatable bonds is 7. The Morgan fingerprint density at radius 3 is 2.41 bits per heavy atom. The molecule has 1 amide bonds. The van der Waals surface area contributed by atoms with Crippen molar-refractivity contribution in [3.8, 4) is 16.2 Å². The summed E-state index contributed by atoms with van der Waals surface area (Å²) >= 11 is 1.54. The van der Waals surface area contributed by atoms with Gasteiger partial charge in [-0.05, 0) is 81.4 Å². The van der Waals surface area contributed by atoms with Gasteiger partial charge in [0.05, 0.1) is 9.88 Å². The molecule has 9 heteroatoms. The van der Waals surface area contributed by atoms with E-state index >= 15 is 0 Å². The molecule has 1 saturated carbocycles. The van der Waals surface area contributed by atoms with E-state index in [2.05, 4.69) is 10.3 Å². The molecule has 2 heterocycles. The molecule has 0 bridgehead atoms. The van der Waals surface area contributed by atoms with Gasteiger partial charge in [0, 0.05) is 5.92 Å². The molecule has 2 aromatic rings. The van der Waals surface area contributed by atoms with Gasteiger partial charge in [0.2, 0.25) is 0 Å². The van der Waals surface area contributed by atoms with Crippen molar-refractivity contribution in [1.29, 1.82) is 0 Å². The van der Waals surface area contributed by atoms with E-state index in [1.54, 1.807) is 12.1 Å². The van der Waals surface area contributed by atoms with Crippen molar-refractivity contribution in [3.05, 3.63) is 35.0 Å². The van der Waals surface area contributed by atoms with Gasteiger partial charge in [-0.2, -0.15) is 0 Å². The number of carbonyl (C=O) groups is 2. The number of hydrogen-bond acceptors (Lipinski definition) is 7. The highest BCUT2D eigenvalue weighted by atomic mass is 79.9. The molecule has 4 rings (SSSR count). The minimum Gasteiger partial charge on any atom is -0.482 e. The molecule has 0 radical (unpaired) electrons. The number of hydrogen-bond donors (Lipinski definition) is 2. The Bertz CT molecular complexity index is 906. The molecule has 174 valence electrons. The maximum absolute atomic E-state index is 12.0. The monoisotopic (exact) mass is 523 g/mol. The van der Waals surface area contributed by atoms with Gasteiger partial charge in [-0.3, -0.25) is 4.79 Å². The summed E-state index contributed by atoms with van der Waals surface area (Å²) in [6.45, 7) is 1.81. The van der Waals surface area contributed by atoms with Gasteiger partial charge in [-0.25, -0.2) is 9.78 Å². The Morgan fingerprint density at radius 1 is 1.06 bits per heavy atom. The zero-order valence-corrected chi connectivity index (χ0v) is 20.5. The number of ether oxygens (including phenoxy) is 2. The molecule has 32 heavy (non-hydrogen) atoms. The first kappa shape index (κ1) is 24.7. The smallest absolute Gasteiger partial charge is 0.344 e. The van der Waals surface area contributed by atoms with Crippen LogP contribution in [-0.4, -0.2) is 42.7 Å². The van der Waals surface area contributed by atoms with Crippen molar-refractivity contribution < 1.29 is 19.1 Å². The number of nitrogens with zero attached hydrogens (tertiary/aromatic N) is 1. The normalized spacial score (nSPS) is 17.4. The fourth-order valence-corrected chi connectivity index (χ4v) is 5.44. The van der Waals surface area contributed by atoms with Crippen molar-refractivity contribution in [2.24, 2.45) is 5.73 Å². The quantitative estimate of drug-likeness (QED) is 0.526. The number of thiazole rings is 1. The average Bonchev–Trinajstić information content (AvgIpc) is 3.25. The van der Waals surface area contributed by atoms with Crippen molar-refractivity contribution >= 4 is 40.2 Å². The van der Waals surface area contributed by atoms with Gasteiger partial charge in [-0.1, -0.05) is 6.42 Å². The zero-order chi connectivity index (χ0) is 21.6. The summed E-state index contributed by atoms with van der Waals surface area (Å²) in [6, 6.07) is 7.32. The molecule has 0 spiro atoms. The topological polar surface area (TPSA) is 104 Å². The van der Waals surface area contributed by atoms with E-state index < -0.39 is 5.91 Å². The van der Waals surface area contributed by atoms with Gasteiger partial charge in [0.25, 0.3) is 5.91 Å². The van der Waals surface area contributed by atoms with Crippen LogP contribution in [0.4, 0.5) is 0 Å².